The summed E-state index contributed by atoms with van der Waals surface area (Å²) in [5, 5.41) is 13.2. The number of carbonyl (C=O) groups is 1. The molecule has 0 spiro atoms. The van der Waals surface area contributed by atoms with Gasteiger partial charge in [-0.05, 0) is 25.7 Å². The number of amides is 1. The Morgan fingerprint density at radius 1 is 1.53 bits per heavy atom. The zero-order valence-corrected chi connectivity index (χ0v) is 11.5. The Hall–Kier alpha value is -1.49. The second-order valence-corrected chi connectivity index (χ2v) is 5.65. The van der Waals surface area contributed by atoms with Gasteiger partial charge in [0.15, 0.2) is 0 Å². The van der Waals surface area contributed by atoms with Gasteiger partial charge in [-0.3, -0.25) is 9.78 Å². The van der Waals surface area contributed by atoms with E-state index >= 15 is 0 Å². The third-order valence-electron chi connectivity index (χ3n) is 3.66. The molecule has 1 heterocycles. The van der Waals surface area contributed by atoms with Gasteiger partial charge in [0.25, 0.3) is 5.91 Å². The van der Waals surface area contributed by atoms with Crippen LogP contribution < -0.4 is 5.32 Å². The quantitative estimate of drug-likeness (QED) is 0.865. The highest BCUT2D eigenvalue weighted by atomic mass is 16.3. The van der Waals surface area contributed by atoms with Crippen molar-refractivity contribution in [2.75, 3.05) is 6.54 Å². The number of hydrogen-bond donors (Lipinski definition) is 2. The first-order valence-electron chi connectivity index (χ1n) is 6.78. The highest BCUT2D eigenvalue weighted by Crippen LogP contribution is 2.31. The van der Waals surface area contributed by atoms with E-state index in [-0.39, 0.29) is 18.1 Å². The monoisotopic (exact) mass is 263 g/mol. The van der Waals surface area contributed by atoms with Gasteiger partial charge < -0.3 is 10.4 Å². The Bertz CT molecular complexity index is 447. The molecule has 104 valence electrons. The van der Waals surface area contributed by atoms with E-state index in [1.165, 1.54) is 6.20 Å². The van der Waals surface area contributed by atoms with E-state index < -0.39 is 5.60 Å². The van der Waals surface area contributed by atoms with Crippen molar-refractivity contribution in [3.8, 4) is 0 Å². The van der Waals surface area contributed by atoms with Crippen molar-refractivity contribution in [2.24, 2.45) is 5.92 Å². The van der Waals surface area contributed by atoms with Gasteiger partial charge in [0.2, 0.25) is 0 Å². The minimum absolute atomic E-state index is 0.279. The van der Waals surface area contributed by atoms with Crippen molar-refractivity contribution < 1.29 is 9.90 Å². The zero-order chi connectivity index (χ0) is 13.9. The summed E-state index contributed by atoms with van der Waals surface area (Å²) in [6.45, 7) is 4.24. The number of aliphatic hydroxyl groups is 1. The third-order valence-corrected chi connectivity index (χ3v) is 3.66. The van der Waals surface area contributed by atoms with Crippen molar-refractivity contribution in [3.05, 3.63) is 23.8 Å². The summed E-state index contributed by atoms with van der Waals surface area (Å²) in [7, 11) is 0. The van der Waals surface area contributed by atoms with Crippen LogP contribution in [-0.2, 0) is 0 Å². The lowest BCUT2D eigenvalue weighted by Crippen LogP contribution is -2.45. The number of aryl methyl sites for hydroxylation is 1. The molecule has 1 aliphatic carbocycles. The summed E-state index contributed by atoms with van der Waals surface area (Å²) in [4.78, 5) is 20.0. The molecule has 19 heavy (non-hydrogen) atoms. The van der Waals surface area contributed by atoms with E-state index in [0.717, 1.165) is 31.4 Å². The fourth-order valence-corrected chi connectivity index (χ4v) is 2.64. The summed E-state index contributed by atoms with van der Waals surface area (Å²) in [6.07, 6.45) is 6.67. The minimum Gasteiger partial charge on any atom is -0.388 e. The van der Waals surface area contributed by atoms with Crippen molar-refractivity contribution in [3.63, 3.8) is 0 Å². The predicted molar refractivity (Wildman–Crippen MR) is 71.7 cm³/mol. The fraction of sp³-hybridized carbons (Fsp3) is 0.643. The van der Waals surface area contributed by atoms with Crippen LogP contribution in [-0.4, -0.2) is 33.1 Å². The van der Waals surface area contributed by atoms with Crippen LogP contribution in [0.1, 0.15) is 48.8 Å². The summed E-state index contributed by atoms with van der Waals surface area (Å²) in [5.74, 6) is 0.231. The molecular weight excluding hydrogens is 242 g/mol. The van der Waals surface area contributed by atoms with Crippen LogP contribution in [0.3, 0.4) is 0 Å². The smallest absolute Gasteiger partial charge is 0.271 e. The Kier molecular flexibility index (Phi) is 4.14. The van der Waals surface area contributed by atoms with Crippen molar-refractivity contribution in [1.29, 1.82) is 0 Å². The van der Waals surface area contributed by atoms with Crippen LogP contribution in [0.15, 0.2) is 12.4 Å². The molecule has 2 N–H and O–H groups in total. The molecule has 0 radical (unpaired) electrons. The molecule has 0 aliphatic heterocycles. The van der Waals surface area contributed by atoms with Crippen molar-refractivity contribution in [1.82, 2.24) is 15.3 Å². The molecule has 0 aromatic carbocycles. The zero-order valence-electron chi connectivity index (χ0n) is 11.5. The molecular formula is C14H21N3O2. The lowest BCUT2D eigenvalue weighted by molar-refractivity contribution is -0.0109. The van der Waals surface area contributed by atoms with E-state index in [4.69, 9.17) is 0 Å². The van der Waals surface area contributed by atoms with Crippen LogP contribution in [0, 0.1) is 12.8 Å². The van der Waals surface area contributed by atoms with Crippen LogP contribution in [0.2, 0.25) is 0 Å². The van der Waals surface area contributed by atoms with Crippen LogP contribution >= 0.6 is 0 Å². The summed E-state index contributed by atoms with van der Waals surface area (Å²) in [5.41, 5.74) is 0.292. The number of hydrogen-bond acceptors (Lipinski definition) is 4. The van der Waals surface area contributed by atoms with Crippen LogP contribution in [0.4, 0.5) is 0 Å². The van der Waals surface area contributed by atoms with Gasteiger partial charge in [-0.15, -0.1) is 0 Å². The van der Waals surface area contributed by atoms with Crippen LogP contribution in [0.5, 0.6) is 0 Å². The van der Waals surface area contributed by atoms with Gasteiger partial charge in [-0.2, -0.15) is 0 Å². The number of nitrogens with one attached hydrogen (secondary N) is 1. The second-order valence-electron chi connectivity index (χ2n) is 5.65. The van der Waals surface area contributed by atoms with E-state index in [1.54, 1.807) is 6.20 Å². The maximum atomic E-state index is 11.9. The van der Waals surface area contributed by atoms with Gasteiger partial charge in [0.05, 0.1) is 17.5 Å². The number of rotatable bonds is 3. The number of nitrogens with zero attached hydrogens (tertiary/aromatic N) is 2. The van der Waals surface area contributed by atoms with Gasteiger partial charge in [-0.1, -0.05) is 19.8 Å². The molecule has 1 aromatic rings. The Morgan fingerprint density at radius 2 is 2.32 bits per heavy atom. The van der Waals surface area contributed by atoms with Gasteiger partial charge >= 0.3 is 0 Å². The summed E-state index contributed by atoms with van der Waals surface area (Å²) >= 11 is 0. The SMILES string of the molecule is Cc1cnc(C(=O)NCC2(O)CCCC(C)C2)cn1. The Balaban J connectivity index is 1.91. The maximum Gasteiger partial charge on any atom is 0.271 e. The largest absolute Gasteiger partial charge is 0.388 e. The lowest BCUT2D eigenvalue weighted by Gasteiger charge is -2.35. The normalized spacial score (nSPS) is 27.0. The molecule has 5 heteroatoms. The molecule has 2 atom stereocenters. The topological polar surface area (TPSA) is 75.1 Å². The molecule has 1 fully saturated rings. The van der Waals surface area contributed by atoms with E-state index in [2.05, 4.69) is 22.2 Å². The molecule has 2 unspecified atom stereocenters. The van der Waals surface area contributed by atoms with E-state index in [0.29, 0.717) is 5.92 Å². The minimum atomic E-state index is -0.772. The molecule has 1 amide bonds. The molecule has 2 rings (SSSR count). The van der Waals surface area contributed by atoms with Crippen molar-refractivity contribution in [2.45, 2.75) is 45.1 Å². The third kappa shape index (κ3) is 3.73. The average Bonchev–Trinajstić information content (AvgIpc) is 2.37. The first-order valence-corrected chi connectivity index (χ1v) is 6.78. The molecule has 0 bridgehead atoms. The van der Waals surface area contributed by atoms with E-state index in [1.807, 2.05) is 6.92 Å². The van der Waals surface area contributed by atoms with Gasteiger partial charge in [0.1, 0.15) is 5.69 Å². The van der Waals surface area contributed by atoms with Crippen molar-refractivity contribution >= 4 is 5.91 Å². The average molecular weight is 263 g/mol. The summed E-state index contributed by atoms with van der Waals surface area (Å²) < 4.78 is 0. The molecule has 1 saturated carbocycles. The number of aromatic nitrogens is 2. The number of carbonyl (C=O) groups excluding carboxylic acids is 1. The Labute approximate surface area is 113 Å². The van der Waals surface area contributed by atoms with Gasteiger partial charge in [-0.25, -0.2) is 4.98 Å². The molecule has 1 aromatic heterocycles. The first kappa shape index (κ1) is 13.9. The highest BCUT2D eigenvalue weighted by Gasteiger charge is 2.32. The molecule has 5 nitrogen and oxygen atoms in total. The maximum absolute atomic E-state index is 11.9. The Morgan fingerprint density at radius 3 is 2.95 bits per heavy atom. The standard InChI is InChI=1S/C14H21N3O2/c1-10-4-3-5-14(19,6-10)9-17-13(18)12-8-15-11(2)7-16-12/h7-8,10,19H,3-6,9H2,1-2H3,(H,17,18). The lowest BCUT2D eigenvalue weighted by atomic mass is 9.79. The molecule has 0 saturated heterocycles. The predicted octanol–water partition coefficient (Wildman–Crippen LogP) is 1.46. The second kappa shape index (κ2) is 5.65. The summed E-state index contributed by atoms with van der Waals surface area (Å²) in [6, 6.07) is 0. The van der Waals surface area contributed by atoms with E-state index in [9.17, 15) is 9.90 Å². The van der Waals surface area contributed by atoms with Gasteiger partial charge in [0, 0.05) is 12.7 Å². The fourth-order valence-electron chi connectivity index (χ4n) is 2.64. The molecule has 1 aliphatic rings. The highest BCUT2D eigenvalue weighted by molar-refractivity contribution is 5.91. The van der Waals surface area contributed by atoms with Crippen LogP contribution in [0.25, 0.3) is 0 Å². The first-order chi connectivity index (χ1) is 8.98.